The van der Waals surface area contributed by atoms with E-state index in [2.05, 4.69) is 9.97 Å². The molecule has 19 heavy (non-hydrogen) atoms. The fourth-order valence-corrected chi connectivity index (χ4v) is 2.03. The highest BCUT2D eigenvalue weighted by molar-refractivity contribution is 6.30. The number of rotatable bonds is 3. The van der Waals surface area contributed by atoms with Gasteiger partial charge in [0, 0.05) is 17.2 Å². The van der Waals surface area contributed by atoms with E-state index in [1.165, 1.54) is 0 Å². The van der Waals surface area contributed by atoms with Crippen LogP contribution in [0, 0.1) is 17.5 Å². The predicted octanol–water partition coefficient (Wildman–Crippen LogP) is 4.17. The second-order valence-electron chi connectivity index (χ2n) is 3.99. The van der Waals surface area contributed by atoms with Gasteiger partial charge in [-0.15, -0.1) is 0 Å². The van der Waals surface area contributed by atoms with Crippen molar-refractivity contribution < 1.29 is 13.2 Å². The van der Waals surface area contributed by atoms with Gasteiger partial charge in [0.15, 0.2) is 11.6 Å². The number of hydrogen-bond donors (Lipinski definition) is 0. The van der Waals surface area contributed by atoms with Gasteiger partial charge in [-0.05, 0) is 12.5 Å². The molecule has 2 aromatic rings. The van der Waals surface area contributed by atoms with E-state index in [9.17, 15) is 13.2 Å². The highest BCUT2D eigenvalue weighted by Crippen LogP contribution is 2.29. The minimum absolute atomic E-state index is 0.119. The molecule has 1 heterocycles. The van der Waals surface area contributed by atoms with Crippen LogP contribution >= 0.6 is 11.6 Å². The minimum Gasteiger partial charge on any atom is -0.236 e. The normalized spacial score (nSPS) is 10.8. The summed E-state index contributed by atoms with van der Waals surface area (Å²) in [7, 11) is 0. The van der Waals surface area contributed by atoms with Crippen LogP contribution < -0.4 is 0 Å². The van der Waals surface area contributed by atoms with Crippen LogP contribution in [0.1, 0.15) is 18.9 Å². The zero-order valence-electron chi connectivity index (χ0n) is 10.1. The molecule has 0 N–H and O–H groups in total. The first-order chi connectivity index (χ1) is 9.04. The van der Waals surface area contributed by atoms with Crippen molar-refractivity contribution >= 4 is 11.6 Å². The van der Waals surface area contributed by atoms with Crippen LogP contribution in [-0.4, -0.2) is 9.97 Å². The largest absolute Gasteiger partial charge is 0.236 e. The first kappa shape index (κ1) is 13.8. The van der Waals surface area contributed by atoms with Crippen LogP contribution in [0.25, 0.3) is 11.3 Å². The summed E-state index contributed by atoms with van der Waals surface area (Å²) in [5, 5.41) is 0.191. The molecular formula is C13H10ClF3N2. The summed E-state index contributed by atoms with van der Waals surface area (Å²) < 4.78 is 39.9. The lowest BCUT2D eigenvalue weighted by molar-refractivity contribution is 0.496. The minimum atomic E-state index is -1.24. The molecule has 1 aromatic carbocycles. The Morgan fingerprint density at radius 1 is 1.05 bits per heavy atom. The van der Waals surface area contributed by atoms with E-state index >= 15 is 0 Å². The molecule has 0 unspecified atom stereocenters. The molecule has 0 fully saturated rings. The van der Waals surface area contributed by atoms with E-state index < -0.39 is 17.5 Å². The molecule has 0 aliphatic rings. The summed E-state index contributed by atoms with van der Waals surface area (Å²) in [4.78, 5) is 7.75. The number of hydrogen-bond acceptors (Lipinski definition) is 2. The SMILES string of the molecule is CCCc1c(Cl)ncnc1-c1cc(F)c(F)cc1F. The summed E-state index contributed by atoms with van der Waals surface area (Å²) in [5.74, 6) is -3.25. The molecule has 100 valence electrons. The quantitative estimate of drug-likeness (QED) is 0.625. The third-order valence-electron chi connectivity index (χ3n) is 2.66. The van der Waals surface area contributed by atoms with E-state index in [4.69, 9.17) is 11.6 Å². The van der Waals surface area contributed by atoms with Gasteiger partial charge in [-0.1, -0.05) is 24.9 Å². The van der Waals surface area contributed by atoms with Crippen LogP contribution in [0.2, 0.25) is 5.15 Å². The first-order valence-corrected chi connectivity index (χ1v) is 6.06. The Morgan fingerprint density at radius 3 is 2.42 bits per heavy atom. The van der Waals surface area contributed by atoms with Gasteiger partial charge < -0.3 is 0 Å². The monoisotopic (exact) mass is 286 g/mol. The predicted molar refractivity (Wildman–Crippen MR) is 66.3 cm³/mol. The van der Waals surface area contributed by atoms with Crippen LogP contribution in [0.5, 0.6) is 0 Å². The maximum Gasteiger partial charge on any atom is 0.161 e. The van der Waals surface area contributed by atoms with E-state index in [1.54, 1.807) is 0 Å². The molecule has 0 aliphatic carbocycles. The number of benzene rings is 1. The molecule has 6 heteroatoms. The van der Waals surface area contributed by atoms with Crippen LogP contribution in [0.15, 0.2) is 18.5 Å². The van der Waals surface area contributed by atoms with E-state index in [0.717, 1.165) is 18.8 Å². The van der Waals surface area contributed by atoms with Gasteiger partial charge in [0.1, 0.15) is 17.3 Å². The maximum atomic E-state index is 13.8. The van der Waals surface area contributed by atoms with Gasteiger partial charge in [-0.25, -0.2) is 23.1 Å². The number of aromatic nitrogens is 2. The summed E-state index contributed by atoms with van der Waals surface area (Å²) in [6.07, 6.45) is 2.43. The van der Waals surface area contributed by atoms with Crippen molar-refractivity contribution in [2.45, 2.75) is 19.8 Å². The standard InChI is InChI=1S/C13H10ClF3N2/c1-2-3-7-12(18-6-19-13(7)14)8-4-10(16)11(17)5-9(8)15/h4-6H,2-3H2,1H3. The second kappa shape index (κ2) is 5.57. The van der Waals surface area contributed by atoms with Crippen LogP contribution in [0.4, 0.5) is 13.2 Å². The Kier molecular flexibility index (Phi) is 4.04. The molecule has 0 atom stereocenters. The van der Waals surface area contributed by atoms with Crippen molar-refractivity contribution in [2.75, 3.05) is 0 Å². The van der Waals surface area contributed by atoms with E-state index in [0.29, 0.717) is 18.1 Å². The lowest BCUT2D eigenvalue weighted by Gasteiger charge is -2.10. The zero-order valence-corrected chi connectivity index (χ0v) is 10.8. The third kappa shape index (κ3) is 2.71. The summed E-state index contributed by atoms with van der Waals surface area (Å²) >= 11 is 5.94. The van der Waals surface area contributed by atoms with E-state index in [-0.39, 0.29) is 16.4 Å². The fraction of sp³-hybridized carbons (Fsp3) is 0.231. The Hall–Kier alpha value is -1.62. The first-order valence-electron chi connectivity index (χ1n) is 5.68. The van der Waals surface area contributed by atoms with Gasteiger partial charge in [0.05, 0.1) is 5.69 Å². The molecule has 0 saturated heterocycles. The van der Waals surface area contributed by atoms with Crippen molar-refractivity contribution in [3.63, 3.8) is 0 Å². The smallest absolute Gasteiger partial charge is 0.161 e. The molecule has 0 amide bonds. The molecule has 2 nitrogen and oxygen atoms in total. The molecule has 0 radical (unpaired) electrons. The van der Waals surface area contributed by atoms with Crippen molar-refractivity contribution in [2.24, 2.45) is 0 Å². The lowest BCUT2D eigenvalue weighted by Crippen LogP contribution is -2.00. The molecular weight excluding hydrogens is 277 g/mol. The van der Waals surface area contributed by atoms with Gasteiger partial charge in [-0.2, -0.15) is 0 Å². The van der Waals surface area contributed by atoms with Gasteiger partial charge in [0.2, 0.25) is 0 Å². The van der Waals surface area contributed by atoms with Crippen molar-refractivity contribution in [1.29, 1.82) is 0 Å². The van der Waals surface area contributed by atoms with Gasteiger partial charge >= 0.3 is 0 Å². The van der Waals surface area contributed by atoms with Crippen LogP contribution in [0.3, 0.4) is 0 Å². The Balaban J connectivity index is 2.65. The zero-order chi connectivity index (χ0) is 14.0. The average Bonchev–Trinajstić information content (AvgIpc) is 2.37. The van der Waals surface area contributed by atoms with Gasteiger partial charge in [-0.3, -0.25) is 0 Å². The third-order valence-corrected chi connectivity index (χ3v) is 2.98. The highest BCUT2D eigenvalue weighted by Gasteiger charge is 2.17. The summed E-state index contributed by atoms with van der Waals surface area (Å²) in [6, 6.07) is 1.28. The summed E-state index contributed by atoms with van der Waals surface area (Å²) in [6.45, 7) is 1.91. The van der Waals surface area contributed by atoms with Crippen LogP contribution in [-0.2, 0) is 6.42 Å². The number of nitrogens with zero attached hydrogens (tertiary/aromatic N) is 2. The molecule has 0 bridgehead atoms. The Labute approximate surface area is 113 Å². The topological polar surface area (TPSA) is 25.8 Å². The Bertz CT molecular complexity index is 617. The molecule has 1 aromatic heterocycles. The molecule has 2 rings (SSSR count). The lowest BCUT2D eigenvalue weighted by atomic mass is 10.0. The van der Waals surface area contributed by atoms with E-state index in [1.807, 2.05) is 6.92 Å². The van der Waals surface area contributed by atoms with Crippen molar-refractivity contribution in [1.82, 2.24) is 9.97 Å². The van der Waals surface area contributed by atoms with Crippen molar-refractivity contribution in [3.05, 3.63) is 46.6 Å². The highest BCUT2D eigenvalue weighted by atomic mass is 35.5. The fourth-order valence-electron chi connectivity index (χ4n) is 1.80. The second-order valence-corrected chi connectivity index (χ2v) is 4.35. The molecule has 0 saturated carbocycles. The maximum absolute atomic E-state index is 13.8. The van der Waals surface area contributed by atoms with Crippen molar-refractivity contribution in [3.8, 4) is 11.3 Å². The molecule has 0 aliphatic heterocycles. The summed E-state index contributed by atoms with van der Waals surface area (Å²) in [5.41, 5.74) is 0.599. The Morgan fingerprint density at radius 2 is 1.74 bits per heavy atom. The average molecular weight is 287 g/mol. The van der Waals surface area contributed by atoms with Gasteiger partial charge in [0.25, 0.3) is 0 Å². The number of halogens is 4. The molecule has 0 spiro atoms.